The van der Waals surface area contributed by atoms with Crippen LogP contribution in [0.2, 0.25) is 0 Å². The van der Waals surface area contributed by atoms with Crippen LogP contribution in [0.25, 0.3) is 20.8 Å². The molecule has 2 aliphatic heterocycles. The SMILES string of the molecule is CCN1[C@H]2CC[C@@H]1c1sc(NC(=O)c3cn[nH]c3)c(-c3nc4ccccc4s3)c1C2. The van der Waals surface area contributed by atoms with Crippen molar-refractivity contribution in [3.63, 3.8) is 0 Å². The van der Waals surface area contributed by atoms with Crippen LogP contribution in [0.3, 0.4) is 0 Å². The molecule has 6 rings (SSSR count). The number of carbonyl (C=O) groups is 1. The molecule has 0 spiro atoms. The summed E-state index contributed by atoms with van der Waals surface area (Å²) >= 11 is 3.44. The van der Waals surface area contributed by atoms with Crippen LogP contribution >= 0.6 is 22.7 Å². The topological polar surface area (TPSA) is 73.9 Å². The molecule has 1 fully saturated rings. The van der Waals surface area contributed by atoms with Crippen molar-refractivity contribution in [1.29, 1.82) is 0 Å². The second-order valence-electron chi connectivity index (χ2n) is 7.86. The third kappa shape index (κ3) is 2.74. The van der Waals surface area contributed by atoms with Crippen molar-refractivity contribution in [2.75, 3.05) is 11.9 Å². The number of aromatic amines is 1. The molecule has 152 valence electrons. The Bertz CT molecular complexity index is 1210. The van der Waals surface area contributed by atoms with Crippen molar-refractivity contribution in [3.05, 3.63) is 52.7 Å². The van der Waals surface area contributed by atoms with Gasteiger partial charge in [-0.3, -0.25) is 14.8 Å². The van der Waals surface area contributed by atoms with Crippen molar-refractivity contribution in [1.82, 2.24) is 20.1 Å². The highest BCUT2D eigenvalue weighted by Crippen LogP contribution is 2.53. The summed E-state index contributed by atoms with van der Waals surface area (Å²) in [5, 5.41) is 11.7. The molecule has 4 aromatic rings. The zero-order chi connectivity index (χ0) is 20.2. The van der Waals surface area contributed by atoms with Crippen LogP contribution in [-0.4, -0.2) is 38.6 Å². The summed E-state index contributed by atoms with van der Waals surface area (Å²) in [5.74, 6) is -0.137. The van der Waals surface area contributed by atoms with E-state index in [9.17, 15) is 4.79 Å². The van der Waals surface area contributed by atoms with Gasteiger partial charge in [0.2, 0.25) is 0 Å². The van der Waals surface area contributed by atoms with E-state index < -0.39 is 0 Å². The zero-order valence-electron chi connectivity index (χ0n) is 16.5. The third-order valence-electron chi connectivity index (χ3n) is 6.28. The summed E-state index contributed by atoms with van der Waals surface area (Å²) in [4.78, 5) is 21.8. The number of aromatic nitrogens is 3. The van der Waals surface area contributed by atoms with Gasteiger partial charge in [0, 0.05) is 28.7 Å². The molecule has 3 aromatic heterocycles. The first-order valence-electron chi connectivity index (χ1n) is 10.3. The third-order valence-corrected chi connectivity index (χ3v) is 8.59. The number of hydrogen-bond acceptors (Lipinski definition) is 6. The molecule has 0 radical (unpaired) electrons. The number of nitrogens with zero attached hydrogens (tertiary/aromatic N) is 3. The van der Waals surface area contributed by atoms with Crippen LogP contribution < -0.4 is 5.32 Å². The van der Waals surface area contributed by atoms with Crippen molar-refractivity contribution in [2.45, 2.75) is 38.3 Å². The molecule has 0 saturated carbocycles. The van der Waals surface area contributed by atoms with Crippen LogP contribution in [-0.2, 0) is 6.42 Å². The molecule has 0 unspecified atom stereocenters. The number of anilines is 1. The van der Waals surface area contributed by atoms with Crippen molar-refractivity contribution < 1.29 is 4.79 Å². The van der Waals surface area contributed by atoms with Gasteiger partial charge < -0.3 is 5.32 Å². The van der Waals surface area contributed by atoms with Gasteiger partial charge in [-0.25, -0.2) is 4.98 Å². The lowest BCUT2D eigenvalue weighted by Gasteiger charge is -2.33. The van der Waals surface area contributed by atoms with Crippen LogP contribution in [0.4, 0.5) is 5.00 Å². The molecule has 6 nitrogen and oxygen atoms in total. The Morgan fingerprint density at radius 3 is 3.00 bits per heavy atom. The predicted octanol–water partition coefficient (Wildman–Crippen LogP) is 5.08. The van der Waals surface area contributed by atoms with Gasteiger partial charge in [-0.1, -0.05) is 19.1 Å². The fraction of sp³-hybridized carbons (Fsp3) is 0.318. The molecular formula is C22H21N5OS2. The normalized spacial score (nSPS) is 20.6. The maximum atomic E-state index is 12.8. The number of likely N-dealkylation sites (N-methyl/N-ethyl adjacent to an activating group) is 1. The van der Waals surface area contributed by atoms with Crippen molar-refractivity contribution >= 4 is 43.8 Å². The van der Waals surface area contributed by atoms with Gasteiger partial charge >= 0.3 is 0 Å². The van der Waals surface area contributed by atoms with Crippen molar-refractivity contribution in [3.8, 4) is 10.6 Å². The van der Waals surface area contributed by atoms with Gasteiger partial charge in [0.15, 0.2) is 0 Å². The second-order valence-corrected chi connectivity index (χ2v) is 9.94. The number of amides is 1. The van der Waals surface area contributed by atoms with Crippen LogP contribution in [0.15, 0.2) is 36.7 Å². The fourth-order valence-electron chi connectivity index (χ4n) is 4.95. The number of H-pyrrole nitrogens is 1. The first-order chi connectivity index (χ1) is 14.7. The lowest BCUT2D eigenvalue weighted by molar-refractivity contribution is 0.102. The maximum Gasteiger partial charge on any atom is 0.259 e. The molecule has 1 aromatic carbocycles. The molecule has 2 atom stereocenters. The van der Waals surface area contributed by atoms with Crippen LogP contribution in [0.5, 0.6) is 0 Å². The van der Waals surface area contributed by atoms with E-state index in [-0.39, 0.29) is 5.91 Å². The number of carbonyl (C=O) groups excluding carboxylic acids is 1. The average Bonchev–Trinajstić information content (AvgIpc) is 3.52. The van der Waals surface area contributed by atoms with E-state index in [0.29, 0.717) is 17.6 Å². The number of thiophene rings is 1. The highest BCUT2D eigenvalue weighted by atomic mass is 32.1. The van der Waals surface area contributed by atoms with Crippen molar-refractivity contribution in [2.24, 2.45) is 0 Å². The summed E-state index contributed by atoms with van der Waals surface area (Å²) < 4.78 is 1.17. The van der Waals surface area contributed by atoms with Gasteiger partial charge in [-0.05, 0) is 43.5 Å². The number of rotatable bonds is 4. The van der Waals surface area contributed by atoms with E-state index in [1.165, 1.54) is 28.0 Å². The van der Waals surface area contributed by atoms with Gasteiger partial charge in [-0.2, -0.15) is 5.10 Å². The number of fused-ring (bicyclic) bond motifs is 5. The monoisotopic (exact) mass is 435 g/mol. The highest BCUT2D eigenvalue weighted by Gasteiger charge is 2.42. The van der Waals surface area contributed by atoms with Gasteiger partial charge in [-0.15, -0.1) is 22.7 Å². The lowest BCUT2D eigenvalue weighted by atomic mass is 9.97. The largest absolute Gasteiger partial charge is 0.313 e. The summed E-state index contributed by atoms with van der Waals surface area (Å²) in [6.07, 6.45) is 6.65. The van der Waals surface area contributed by atoms with Gasteiger partial charge in [0.05, 0.1) is 22.0 Å². The van der Waals surface area contributed by atoms with E-state index in [1.54, 1.807) is 35.1 Å². The van der Waals surface area contributed by atoms with Crippen LogP contribution in [0, 0.1) is 0 Å². The number of para-hydroxylation sites is 1. The molecule has 30 heavy (non-hydrogen) atoms. The Labute approximate surface area is 182 Å². The predicted molar refractivity (Wildman–Crippen MR) is 121 cm³/mol. The average molecular weight is 436 g/mol. The van der Waals surface area contributed by atoms with E-state index in [2.05, 4.69) is 39.5 Å². The molecule has 2 N–H and O–H groups in total. The Hall–Kier alpha value is -2.55. The van der Waals surface area contributed by atoms with Crippen LogP contribution in [0.1, 0.15) is 46.6 Å². The summed E-state index contributed by atoms with van der Waals surface area (Å²) in [6, 6.07) is 9.29. The fourth-order valence-corrected chi connectivity index (χ4v) is 7.44. The quantitative estimate of drug-likeness (QED) is 0.469. The Morgan fingerprint density at radius 1 is 1.30 bits per heavy atom. The molecule has 5 heterocycles. The molecule has 1 amide bonds. The molecule has 0 aliphatic carbocycles. The first-order valence-corrected chi connectivity index (χ1v) is 11.9. The summed E-state index contributed by atoms with van der Waals surface area (Å²) in [5.41, 5.74) is 4.06. The molecular weight excluding hydrogens is 414 g/mol. The Kier molecular flexibility index (Phi) is 4.26. The minimum atomic E-state index is -0.137. The van der Waals surface area contributed by atoms with E-state index >= 15 is 0 Å². The second kappa shape index (κ2) is 7.01. The molecule has 2 bridgehead atoms. The standard InChI is InChI=1S/C22H21N5OS2/c1-2-27-13-7-8-16(27)19-14(9-13)18(21-25-15-5-3-4-6-17(15)29-21)22(30-19)26-20(28)12-10-23-24-11-12/h3-6,10-11,13,16H,2,7-9H2,1H3,(H,23,24)(H,26,28)/t13-,16+/m0/s1. The number of hydrogen-bond donors (Lipinski definition) is 2. The maximum absolute atomic E-state index is 12.8. The summed E-state index contributed by atoms with van der Waals surface area (Å²) in [6.45, 7) is 3.32. The zero-order valence-corrected chi connectivity index (χ0v) is 18.1. The van der Waals surface area contributed by atoms with E-state index in [4.69, 9.17) is 4.98 Å². The number of benzene rings is 1. The minimum Gasteiger partial charge on any atom is -0.313 e. The smallest absolute Gasteiger partial charge is 0.259 e. The highest BCUT2D eigenvalue weighted by molar-refractivity contribution is 7.23. The van der Waals surface area contributed by atoms with Gasteiger partial charge in [0.25, 0.3) is 5.91 Å². The number of nitrogens with one attached hydrogen (secondary N) is 2. The number of thiazole rings is 1. The summed E-state index contributed by atoms with van der Waals surface area (Å²) in [7, 11) is 0. The van der Waals surface area contributed by atoms with Gasteiger partial charge in [0.1, 0.15) is 10.0 Å². The Morgan fingerprint density at radius 2 is 2.20 bits per heavy atom. The van der Waals surface area contributed by atoms with E-state index in [0.717, 1.165) is 34.1 Å². The molecule has 8 heteroatoms. The Balaban J connectivity index is 1.50. The first kappa shape index (κ1) is 18.2. The lowest BCUT2D eigenvalue weighted by Crippen LogP contribution is -2.36. The molecule has 1 saturated heterocycles. The molecule has 2 aliphatic rings. The minimum absolute atomic E-state index is 0.137. The van der Waals surface area contributed by atoms with E-state index in [1.807, 2.05) is 12.1 Å².